The molecule has 3 N–H and O–H groups in total. The van der Waals surface area contributed by atoms with Crippen molar-refractivity contribution >= 4 is 33.9 Å². The average molecular weight is 564 g/mol. The summed E-state index contributed by atoms with van der Waals surface area (Å²) in [5.74, 6) is 0.316. The molecule has 3 aliphatic heterocycles. The van der Waals surface area contributed by atoms with Gasteiger partial charge in [-0.1, -0.05) is 12.1 Å². The molecule has 1 fully saturated rings. The molecule has 3 aromatic rings. The van der Waals surface area contributed by atoms with Gasteiger partial charge in [-0.2, -0.15) is 0 Å². The minimum atomic E-state index is -1.14. The second-order valence-corrected chi connectivity index (χ2v) is 11.2. The fourth-order valence-corrected chi connectivity index (χ4v) is 6.62. The van der Waals surface area contributed by atoms with Crippen LogP contribution in [-0.4, -0.2) is 91.5 Å². The number of fused-ring (bicyclic) bond motifs is 1. The van der Waals surface area contributed by atoms with E-state index in [1.807, 2.05) is 0 Å². The molecule has 1 amide bonds. The average Bonchev–Trinajstić information content (AvgIpc) is 3.24. The normalized spacial score (nSPS) is 22.4. The first-order chi connectivity index (χ1) is 19.9. The molecule has 218 valence electrons. The quantitative estimate of drug-likeness (QED) is 0.456. The van der Waals surface area contributed by atoms with Gasteiger partial charge in [-0.25, -0.2) is 9.38 Å². The van der Waals surface area contributed by atoms with Gasteiger partial charge < -0.3 is 34.7 Å². The standard InChI is InChI=1S/C31H38FN5O4/c1-40-27-8-7-23-24(13-20(15-28(23)41-2)31(39)36-17-21(32)16-22(33)18-36)34-29(27)26-14-19-5-3-6-25-30(19)37(26)11-10-35(25)9-4-12-38/h3,5-6,13-15,21-22,27,38H,4,7-12,16-18,33H2,1-2H3/t21-,22-,27?/m1/s1. The summed E-state index contributed by atoms with van der Waals surface area (Å²) in [5, 5.41) is 10.5. The Bertz CT molecular complexity index is 1480. The number of aliphatic hydroxyl groups is 1. The number of aliphatic imine (C=N–C) groups is 1. The van der Waals surface area contributed by atoms with E-state index in [0.29, 0.717) is 36.4 Å². The molecule has 41 heavy (non-hydrogen) atoms. The number of alkyl halides is 1. The highest BCUT2D eigenvalue weighted by Crippen LogP contribution is 2.39. The number of methoxy groups -OCH3 is 2. The number of aliphatic hydroxyl groups excluding tert-OH is 1. The molecule has 9 nitrogen and oxygen atoms in total. The highest BCUT2D eigenvalue weighted by atomic mass is 19.1. The molecule has 3 atom stereocenters. The lowest BCUT2D eigenvalue weighted by atomic mass is 9.99. The Labute approximate surface area is 239 Å². The number of aromatic nitrogens is 1. The van der Waals surface area contributed by atoms with Crippen LogP contribution in [0.5, 0.6) is 5.75 Å². The van der Waals surface area contributed by atoms with Crippen LogP contribution in [0.3, 0.4) is 0 Å². The lowest BCUT2D eigenvalue weighted by molar-refractivity contribution is 0.0606. The van der Waals surface area contributed by atoms with Crippen LogP contribution in [-0.2, 0) is 17.7 Å². The zero-order valence-electron chi connectivity index (χ0n) is 23.7. The van der Waals surface area contributed by atoms with E-state index in [2.05, 4.69) is 33.7 Å². The highest BCUT2D eigenvalue weighted by Gasteiger charge is 2.32. The lowest BCUT2D eigenvalue weighted by Crippen LogP contribution is -2.50. The van der Waals surface area contributed by atoms with E-state index in [1.54, 1.807) is 26.4 Å². The molecule has 1 saturated heterocycles. The summed E-state index contributed by atoms with van der Waals surface area (Å²) in [4.78, 5) is 22.5. The van der Waals surface area contributed by atoms with Gasteiger partial charge in [-0.3, -0.25) is 4.79 Å². The maximum atomic E-state index is 14.3. The lowest BCUT2D eigenvalue weighted by Gasteiger charge is -2.33. The molecule has 3 aliphatic rings. The van der Waals surface area contributed by atoms with Crippen LogP contribution in [0, 0.1) is 0 Å². The first kappa shape index (κ1) is 27.7. The number of hydrogen-bond donors (Lipinski definition) is 2. The first-order valence-corrected chi connectivity index (χ1v) is 14.4. The van der Waals surface area contributed by atoms with Gasteiger partial charge in [0.2, 0.25) is 0 Å². The first-order valence-electron chi connectivity index (χ1n) is 14.4. The van der Waals surface area contributed by atoms with Crippen LogP contribution in [0.2, 0.25) is 0 Å². The molecular formula is C31H38FN5O4. The number of carbonyl (C=O) groups excluding carboxylic acids is 1. The molecule has 0 spiro atoms. The Kier molecular flexibility index (Phi) is 7.72. The Balaban J connectivity index is 1.45. The van der Waals surface area contributed by atoms with Crippen molar-refractivity contribution < 1.29 is 23.8 Å². The zero-order valence-corrected chi connectivity index (χ0v) is 23.7. The van der Waals surface area contributed by atoms with E-state index < -0.39 is 6.17 Å². The summed E-state index contributed by atoms with van der Waals surface area (Å²) in [6.45, 7) is 2.92. The van der Waals surface area contributed by atoms with Gasteiger partial charge in [0.25, 0.3) is 5.91 Å². The maximum absolute atomic E-state index is 14.3. The number of benzene rings is 2. The molecule has 2 aromatic carbocycles. The summed E-state index contributed by atoms with van der Waals surface area (Å²) in [6, 6.07) is 11.6. The number of nitrogens with two attached hydrogens (primary N) is 1. The molecule has 0 radical (unpaired) electrons. The van der Waals surface area contributed by atoms with Crippen molar-refractivity contribution in [3.8, 4) is 5.75 Å². The van der Waals surface area contributed by atoms with Gasteiger partial charge >= 0.3 is 0 Å². The number of ether oxygens (including phenoxy) is 2. The molecular weight excluding hydrogens is 525 g/mol. The van der Waals surface area contributed by atoms with E-state index in [4.69, 9.17) is 20.2 Å². The van der Waals surface area contributed by atoms with E-state index in [9.17, 15) is 14.3 Å². The Hall–Kier alpha value is -3.47. The number of nitrogens with zero attached hydrogens (tertiary/aromatic N) is 4. The van der Waals surface area contributed by atoms with E-state index >= 15 is 0 Å². The summed E-state index contributed by atoms with van der Waals surface area (Å²) in [6.07, 6.45) is 0.959. The van der Waals surface area contributed by atoms with Crippen molar-refractivity contribution in [2.24, 2.45) is 10.7 Å². The van der Waals surface area contributed by atoms with Crippen molar-refractivity contribution in [1.29, 1.82) is 0 Å². The van der Waals surface area contributed by atoms with Gasteiger partial charge in [0.1, 0.15) is 18.0 Å². The van der Waals surface area contributed by atoms with E-state index in [0.717, 1.165) is 59.6 Å². The SMILES string of the molecule is COc1cc(C(=O)N2C[C@H](N)C[C@@H](F)C2)cc2c1CCC(OC)C(c1cc3cccc4c3n1CCN4CCCO)=N2. The zero-order chi connectivity index (χ0) is 28.7. The predicted molar refractivity (Wildman–Crippen MR) is 158 cm³/mol. The fraction of sp³-hybridized carbons (Fsp3) is 0.484. The summed E-state index contributed by atoms with van der Waals surface area (Å²) in [5.41, 5.74) is 12.1. The molecule has 0 saturated carbocycles. The number of halogens is 1. The summed E-state index contributed by atoms with van der Waals surface area (Å²) >= 11 is 0. The topological polar surface area (TPSA) is 106 Å². The van der Waals surface area contributed by atoms with Gasteiger partial charge in [-0.05, 0) is 49.9 Å². The van der Waals surface area contributed by atoms with Crippen molar-refractivity contribution in [2.75, 3.05) is 51.9 Å². The smallest absolute Gasteiger partial charge is 0.254 e. The van der Waals surface area contributed by atoms with Crippen molar-refractivity contribution in [2.45, 2.75) is 50.5 Å². The number of piperidine rings is 1. The van der Waals surface area contributed by atoms with Crippen LogP contribution in [0.15, 0.2) is 41.4 Å². The van der Waals surface area contributed by atoms with Crippen molar-refractivity contribution in [3.63, 3.8) is 0 Å². The van der Waals surface area contributed by atoms with Crippen LogP contribution in [0.4, 0.5) is 15.8 Å². The van der Waals surface area contributed by atoms with Gasteiger partial charge in [0.05, 0.1) is 42.0 Å². The van der Waals surface area contributed by atoms with Gasteiger partial charge in [0, 0.05) is 62.5 Å². The predicted octanol–water partition coefficient (Wildman–Crippen LogP) is 3.45. The monoisotopic (exact) mass is 563 g/mol. The minimum Gasteiger partial charge on any atom is -0.496 e. The van der Waals surface area contributed by atoms with Crippen molar-refractivity contribution in [1.82, 2.24) is 9.47 Å². The molecule has 6 rings (SSSR count). The number of amides is 1. The Morgan fingerprint density at radius 1 is 1.20 bits per heavy atom. The largest absolute Gasteiger partial charge is 0.496 e. The third-order valence-corrected chi connectivity index (χ3v) is 8.54. The van der Waals surface area contributed by atoms with Crippen LogP contribution in [0.1, 0.15) is 40.9 Å². The number of likely N-dealkylation sites (tertiary alicyclic amines) is 1. The molecule has 0 bridgehead atoms. The van der Waals surface area contributed by atoms with Crippen LogP contribution in [0.25, 0.3) is 10.9 Å². The highest BCUT2D eigenvalue weighted by molar-refractivity contribution is 6.10. The number of para-hydroxylation sites is 1. The third kappa shape index (κ3) is 5.09. The Morgan fingerprint density at radius 3 is 2.80 bits per heavy atom. The number of rotatable bonds is 7. The summed E-state index contributed by atoms with van der Waals surface area (Å²) in [7, 11) is 3.30. The molecule has 1 aromatic heterocycles. The third-order valence-electron chi connectivity index (χ3n) is 8.54. The molecule has 4 heterocycles. The maximum Gasteiger partial charge on any atom is 0.254 e. The van der Waals surface area contributed by atoms with Gasteiger partial charge in [-0.15, -0.1) is 0 Å². The minimum absolute atomic E-state index is 0.0317. The van der Waals surface area contributed by atoms with E-state index in [1.165, 1.54) is 4.90 Å². The van der Waals surface area contributed by atoms with Crippen LogP contribution >= 0.6 is 0 Å². The fourth-order valence-electron chi connectivity index (χ4n) is 6.62. The summed E-state index contributed by atoms with van der Waals surface area (Å²) < 4.78 is 28.4. The molecule has 1 unspecified atom stereocenters. The van der Waals surface area contributed by atoms with Crippen LogP contribution < -0.4 is 15.4 Å². The number of carbonyl (C=O) groups is 1. The molecule has 0 aliphatic carbocycles. The second-order valence-electron chi connectivity index (χ2n) is 11.2. The second kappa shape index (κ2) is 11.4. The number of anilines is 1. The Morgan fingerprint density at radius 2 is 2.05 bits per heavy atom. The molecule has 10 heteroatoms. The van der Waals surface area contributed by atoms with Crippen molar-refractivity contribution in [3.05, 3.63) is 53.2 Å². The van der Waals surface area contributed by atoms with Gasteiger partial charge in [0.15, 0.2) is 0 Å². The number of hydrogen-bond acceptors (Lipinski definition) is 7. The van der Waals surface area contributed by atoms with E-state index in [-0.39, 0.29) is 37.6 Å².